The molecule has 1 aromatic heterocycles. The number of nitriles is 1. The number of carbonyl (C=O) groups excluding carboxylic acids is 2. The van der Waals surface area contributed by atoms with Crippen LogP contribution in [0.4, 0.5) is 0 Å². The summed E-state index contributed by atoms with van der Waals surface area (Å²) in [6.07, 6.45) is 2.00. The monoisotopic (exact) mass is 579 g/mol. The normalized spacial score (nSPS) is 14.1. The van der Waals surface area contributed by atoms with E-state index in [4.69, 9.17) is 28.6 Å². The van der Waals surface area contributed by atoms with Crippen LogP contribution in [0.3, 0.4) is 0 Å². The molecule has 1 saturated heterocycles. The van der Waals surface area contributed by atoms with Crippen LogP contribution >= 0.6 is 35.6 Å². The molecule has 0 aliphatic carbocycles. The van der Waals surface area contributed by atoms with Gasteiger partial charge in [-0.1, -0.05) is 59.8 Å². The van der Waals surface area contributed by atoms with Crippen molar-refractivity contribution >= 4 is 57.7 Å². The maximum Gasteiger partial charge on any atom is 0.271 e. The van der Waals surface area contributed by atoms with Gasteiger partial charge in [-0.2, -0.15) is 5.26 Å². The number of ketones is 1. The standard InChI is InChI=1S/C28H22ClN3O5S2/c1-16-21(14-30)25(34)31(12-11-17-5-9-20(37-2)10-6-17)27(36)24(16)22(33)15-32-26(35)23(39-28(32)38)13-18-3-7-19(29)8-4-18/h3-10,13,36H,11-12,15H2,1-2H3/b23-13-. The second kappa shape index (κ2) is 11.9. The Morgan fingerprint density at radius 2 is 1.85 bits per heavy atom. The lowest BCUT2D eigenvalue weighted by Gasteiger charge is -2.18. The van der Waals surface area contributed by atoms with Gasteiger partial charge >= 0.3 is 0 Å². The lowest BCUT2D eigenvalue weighted by Crippen LogP contribution is -2.35. The molecule has 0 spiro atoms. The lowest BCUT2D eigenvalue weighted by atomic mass is 10.0. The minimum Gasteiger partial charge on any atom is -0.497 e. The number of carbonyl (C=O) groups is 2. The number of thioether (sulfide) groups is 1. The van der Waals surface area contributed by atoms with Crippen LogP contribution in [-0.4, -0.2) is 44.2 Å². The van der Waals surface area contributed by atoms with Crippen LogP contribution in [0.25, 0.3) is 6.08 Å². The van der Waals surface area contributed by atoms with Gasteiger partial charge in [0, 0.05) is 11.6 Å². The average Bonchev–Trinajstić information content (AvgIpc) is 3.17. The molecule has 1 aliphatic rings. The van der Waals surface area contributed by atoms with Crippen LogP contribution in [0.1, 0.15) is 32.6 Å². The van der Waals surface area contributed by atoms with Crippen molar-refractivity contribution < 1.29 is 19.4 Å². The van der Waals surface area contributed by atoms with Gasteiger partial charge < -0.3 is 9.84 Å². The summed E-state index contributed by atoms with van der Waals surface area (Å²) >= 11 is 12.3. The molecule has 0 bridgehead atoms. The number of methoxy groups -OCH3 is 1. The number of aryl methyl sites for hydroxylation is 1. The maximum absolute atomic E-state index is 13.4. The molecule has 8 nitrogen and oxygen atoms in total. The molecule has 2 aromatic carbocycles. The minimum absolute atomic E-state index is 0.0249. The van der Waals surface area contributed by atoms with Gasteiger partial charge in [-0.25, -0.2) is 0 Å². The van der Waals surface area contributed by atoms with Gasteiger partial charge in [0.1, 0.15) is 21.7 Å². The fraction of sp³-hybridized carbons (Fsp3) is 0.179. The molecular formula is C28H22ClN3O5S2. The molecule has 1 N–H and O–H groups in total. The van der Waals surface area contributed by atoms with E-state index >= 15 is 0 Å². The van der Waals surface area contributed by atoms with Crippen molar-refractivity contribution in [2.45, 2.75) is 19.9 Å². The highest BCUT2D eigenvalue weighted by molar-refractivity contribution is 8.26. The number of pyridine rings is 1. The van der Waals surface area contributed by atoms with Crippen molar-refractivity contribution in [1.82, 2.24) is 9.47 Å². The summed E-state index contributed by atoms with van der Waals surface area (Å²) in [5.74, 6) is -0.993. The summed E-state index contributed by atoms with van der Waals surface area (Å²) in [6, 6.07) is 15.9. The van der Waals surface area contributed by atoms with Crippen molar-refractivity contribution in [2.75, 3.05) is 13.7 Å². The molecule has 1 fully saturated rings. The highest BCUT2D eigenvalue weighted by Gasteiger charge is 2.35. The third-order valence-corrected chi connectivity index (χ3v) is 7.83. The summed E-state index contributed by atoms with van der Waals surface area (Å²) in [5.41, 5.74) is 0.499. The number of halogens is 1. The number of rotatable bonds is 8. The van der Waals surface area contributed by atoms with Gasteiger partial charge in [0.2, 0.25) is 5.88 Å². The minimum atomic E-state index is -0.700. The van der Waals surface area contributed by atoms with E-state index in [1.165, 1.54) is 6.92 Å². The Bertz CT molecular complexity index is 1610. The van der Waals surface area contributed by atoms with Crippen LogP contribution in [-0.2, 0) is 17.8 Å². The Labute approximate surface area is 239 Å². The van der Waals surface area contributed by atoms with Crippen LogP contribution in [0.5, 0.6) is 11.6 Å². The van der Waals surface area contributed by atoms with Crippen molar-refractivity contribution in [3.8, 4) is 17.7 Å². The molecule has 11 heteroatoms. The summed E-state index contributed by atoms with van der Waals surface area (Å²) in [6.45, 7) is 0.987. The quantitative estimate of drug-likeness (QED) is 0.232. The van der Waals surface area contributed by atoms with Gasteiger partial charge in [-0.15, -0.1) is 0 Å². The van der Waals surface area contributed by atoms with Crippen molar-refractivity contribution in [2.24, 2.45) is 0 Å². The Morgan fingerprint density at radius 3 is 2.46 bits per heavy atom. The molecular weight excluding hydrogens is 558 g/mol. The summed E-state index contributed by atoms with van der Waals surface area (Å²) < 4.78 is 6.34. The molecule has 0 unspecified atom stereocenters. The van der Waals surface area contributed by atoms with Crippen molar-refractivity contribution in [3.63, 3.8) is 0 Å². The number of nitrogens with zero attached hydrogens (tertiary/aromatic N) is 3. The summed E-state index contributed by atoms with van der Waals surface area (Å²) in [4.78, 5) is 40.9. The Kier molecular flexibility index (Phi) is 8.55. The fourth-order valence-corrected chi connectivity index (χ4v) is 5.48. The van der Waals surface area contributed by atoms with Gasteiger partial charge in [0.15, 0.2) is 5.78 Å². The molecule has 0 saturated carbocycles. The number of aromatic hydroxyl groups is 1. The smallest absolute Gasteiger partial charge is 0.271 e. The average molecular weight is 580 g/mol. The van der Waals surface area contributed by atoms with Crippen molar-refractivity contribution in [1.29, 1.82) is 5.26 Å². The molecule has 1 amide bonds. The van der Waals surface area contributed by atoms with E-state index in [-0.39, 0.29) is 27.6 Å². The highest BCUT2D eigenvalue weighted by Crippen LogP contribution is 2.33. The second-order valence-corrected chi connectivity index (χ2v) is 10.7. The first-order chi connectivity index (χ1) is 18.6. The number of thiocarbonyl (C=S) groups is 1. The third-order valence-electron chi connectivity index (χ3n) is 6.21. The number of hydrogen-bond donors (Lipinski definition) is 1. The van der Waals surface area contributed by atoms with E-state index in [1.54, 1.807) is 49.6 Å². The van der Waals surface area contributed by atoms with E-state index in [0.29, 0.717) is 22.1 Å². The van der Waals surface area contributed by atoms with Crippen LogP contribution in [0.2, 0.25) is 5.02 Å². The number of aromatic nitrogens is 1. The molecule has 1 aliphatic heterocycles. The fourth-order valence-electron chi connectivity index (χ4n) is 4.09. The van der Waals surface area contributed by atoms with Gasteiger partial charge in [0.25, 0.3) is 11.5 Å². The van der Waals surface area contributed by atoms with Crippen LogP contribution in [0.15, 0.2) is 58.2 Å². The Balaban J connectivity index is 1.61. The summed E-state index contributed by atoms with van der Waals surface area (Å²) in [5, 5.41) is 21.2. The summed E-state index contributed by atoms with van der Waals surface area (Å²) in [7, 11) is 1.55. The number of ether oxygens (including phenoxy) is 1. The molecule has 3 aromatic rings. The molecule has 198 valence electrons. The SMILES string of the molecule is COc1ccc(CCn2c(O)c(C(=O)CN3C(=O)/C(=C/c4ccc(Cl)cc4)SC3=S)c(C)c(C#N)c2=O)cc1. The van der Waals surface area contributed by atoms with Gasteiger partial charge in [0.05, 0.1) is 24.1 Å². The first kappa shape index (κ1) is 28.1. The van der Waals surface area contributed by atoms with Crippen molar-refractivity contribution in [3.05, 3.63) is 96.6 Å². The largest absolute Gasteiger partial charge is 0.497 e. The predicted octanol–water partition coefficient (Wildman–Crippen LogP) is 4.72. The third kappa shape index (κ3) is 5.91. The van der Waals surface area contributed by atoms with Gasteiger partial charge in [-0.05, 0) is 60.4 Å². The first-order valence-electron chi connectivity index (χ1n) is 11.7. The number of Topliss-reactive ketones (excluding diaryl/α,β-unsaturated/α-hetero) is 1. The Morgan fingerprint density at radius 1 is 1.18 bits per heavy atom. The topological polar surface area (TPSA) is 113 Å². The molecule has 4 rings (SSSR count). The molecule has 39 heavy (non-hydrogen) atoms. The van der Waals surface area contributed by atoms with E-state index in [9.17, 15) is 24.8 Å². The van der Waals surface area contributed by atoms with E-state index in [0.717, 1.165) is 32.4 Å². The second-order valence-electron chi connectivity index (χ2n) is 8.61. The number of amides is 1. The lowest BCUT2D eigenvalue weighted by molar-refractivity contribution is -0.121. The van der Waals surface area contributed by atoms with E-state index in [2.05, 4.69) is 0 Å². The van der Waals surface area contributed by atoms with E-state index in [1.807, 2.05) is 18.2 Å². The highest BCUT2D eigenvalue weighted by atomic mass is 35.5. The zero-order valence-electron chi connectivity index (χ0n) is 20.9. The number of hydrogen-bond acceptors (Lipinski definition) is 8. The zero-order valence-corrected chi connectivity index (χ0v) is 23.3. The first-order valence-corrected chi connectivity index (χ1v) is 13.3. The molecule has 2 heterocycles. The molecule has 0 atom stereocenters. The maximum atomic E-state index is 13.4. The van der Waals surface area contributed by atoms with Crippen LogP contribution in [0, 0.1) is 18.3 Å². The number of benzene rings is 2. The molecule has 0 radical (unpaired) electrons. The predicted molar refractivity (Wildman–Crippen MR) is 154 cm³/mol. The van der Waals surface area contributed by atoms with E-state index < -0.39 is 29.7 Å². The Hall–Kier alpha value is -3.91. The van der Waals surface area contributed by atoms with Gasteiger partial charge in [-0.3, -0.25) is 23.9 Å². The van der Waals surface area contributed by atoms with Crippen LogP contribution < -0.4 is 10.3 Å². The zero-order chi connectivity index (χ0) is 28.3.